The third kappa shape index (κ3) is 162. The Morgan fingerprint density at radius 3 is 0.846 bits per heavy atom. The molecule has 0 aliphatic carbocycles. The van der Waals surface area contributed by atoms with Crippen LogP contribution in [0.2, 0.25) is 0 Å². The van der Waals surface area contributed by atoms with Crippen LogP contribution in [0.1, 0.15) is 0 Å². The van der Waals surface area contributed by atoms with E-state index >= 15 is 0 Å². The van der Waals surface area contributed by atoms with Crippen LogP contribution in [0, 0.1) is 0 Å². The van der Waals surface area contributed by atoms with E-state index in [4.69, 9.17) is 0 Å². The molecule has 0 amide bonds. The summed E-state index contributed by atoms with van der Waals surface area (Å²) in [6, 6.07) is 0. The van der Waals surface area contributed by atoms with Gasteiger partial charge in [0.15, 0.2) is 0 Å². The van der Waals surface area contributed by atoms with Gasteiger partial charge in [-0.05, 0) is 28.2 Å². The first kappa shape index (κ1) is 26.3. The van der Waals surface area contributed by atoms with E-state index in [2.05, 4.69) is 111 Å². The molecule has 2 N–H and O–H groups in total. The van der Waals surface area contributed by atoms with Gasteiger partial charge in [0.1, 0.15) is 0 Å². The van der Waals surface area contributed by atoms with E-state index in [1.165, 1.54) is 0 Å². The molecule has 0 aromatic carbocycles. The second kappa shape index (κ2) is 36.0. The minimum atomic E-state index is -0.278. The summed E-state index contributed by atoms with van der Waals surface area (Å²) in [5.41, 5.74) is 0. The maximum absolute atomic E-state index is 2.75. The number of halogens is 5. The molecule has 0 atom stereocenters. The van der Waals surface area contributed by atoms with Crippen molar-refractivity contribution in [2.45, 2.75) is 0 Å². The first-order valence-electron chi connectivity index (χ1n) is 2.85. The fraction of sp³-hybridized carbons (Fsp3) is 1.00. The van der Waals surface area contributed by atoms with Crippen LogP contribution in [0.25, 0.3) is 0 Å². The van der Waals surface area contributed by atoms with Crippen molar-refractivity contribution >= 4 is 99.9 Å². The first-order valence-corrected chi connectivity index (χ1v) is 25.4. The quantitative estimate of drug-likeness (QED) is 0.360. The van der Waals surface area contributed by atoms with E-state index in [0.717, 1.165) is 0 Å². The molecule has 0 aliphatic heterocycles. The molecule has 13 heavy (non-hydrogen) atoms. The van der Waals surface area contributed by atoms with Gasteiger partial charge in [0.25, 0.3) is 0 Å². The SMILES string of the molecule is CNC.CNC.[I][V]([I])[I].[I][V][I]. The molecule has 2 nitrogen and oxygen atoms in total. The number of hydrogen-bond acceptors (Lipinski definition) is 2. The zero-order valence-corrected chi connectivity index (χ0v) is 21.4. The summed E-state index contributed by atoms with van der Waals surface area (Å²) < 4.78 is 0. The Labute approximate surface area is 149 Å². The molecule has 0 spiro atoms. The van der Waals surface area contributed by atoms with Crippen molar-refractivity contribution in [1.29, 1.82) is 0 Å². The van der Waals surface area contributed by atoms with Crippen LogP contribution in [-0.4, -0.2) is 28.2 Å². The molecule has 0 unspecified atom stereocenters. The van der Waals surface area contributed by atoms with Crippen LogP contribution in [0.3, 0.4) is 0 Å². The Morgan fingerprint density at radius 2 is 0.846 bits per heavy atom. The molecule has 0 aliphatic rings. The van der Waals surface area contributed by atoms with Crippen LogP contribution < -0.4 is 10.6 Å². The summed E-state index contributed by atoms with van der Waals surface area (Å²) in [5.74, 6) is 0. The monoisotopic (exact) mass is 827 g/mol. The van der Waals surface area contributed by atoms with Gasteiger partial charge in [0.2, 0.25) is 0 Å². The Morgan fingerprint density at radius 1 is 0.846 bits per heavy atom. The predicted octanol–water partition coefficient (Wildman–Crippen LogP) is 4.09. The summed E-state index contributed by atoms with van der Waals surface area (Å²) in [6.45, 7) is 0. The van der Waals surface area contributed by atoms with Crippen molar-refractivity contribution in [1.82, 2.24) is 10.6 Å². The van der Waals surface area contributed by atoms with Crippen LogP contribution in [0.15, 0.2) is 0 Å². The molecule has 0 aromatic rings. The average Bonchev–Trinajstić information content (AvgIpc) is 1.88. The van der Waals surface area contributed by atoms with Gasteiger partial charge in [-0.15, -0.1) is 0 Å². The topological polar surface area (TPSA) is 24.1 Å². The molecule has 0 saturated carbocycles. The minimum absolute atomic E-state index is 0.278. The summed E-state index contributed by atoms with van der Waals surface area (Å²) in [6.07, 6.45) is 0. The third-order valence-electron chi connectivity index (χ3n) is 0. The van der Waals surface area contributed by atoms with Gasteiger partial charge in [-0.1, -0.05) is 0 Å². The van der Waals surface area contributed by atoms with Crippen molar-refractivity contribution in [3.05, 3.63) is 0 Å². The summed E-state index contributed by atoms with van der Waals surface area (Å²) >= 11 is 12.1. The molecule has 0 heterocycles. The molecule has 0 fully saturated rings. The molecular formula is C4H14I5N2V2. The average molecular weight is 827 g/mol. The Hall–Kier alpha value is 4.74. The zero-order chi connectivity index (χ0) is 11.7. The normalized spacial score (nSPS) is 6.62. The molecule has 0 bridgehead atoms. The van der Waals surface area contributed by atoms with E-state index in [1.807, 2.05) is 28.2 Å². The summed E-state index contributed by atoms with van der Waals surface area (Å²) in [4.78, 5) is -0.278. The van der Waals surface area contributed by atoms with Crippen molar-refractivity contribution in [2.75, 3.05) is 28.2 Å². The van der Waals surface area contributed by atoms with Crippen LogP contribution >= 0.6 is 99.9 Å². The number of rotatable bonds is 0. The van der Waals surface area contributed by atoms with Crippen molar-refractivity contribution in [2.24, 2.45) is 0 Å². The van der Waals surface area contributed by atoms with E-state index in [0.29, 0.717) is 9.47 Å². The van der Waals surface area contributed by atoms with Crippen molar-refractivity contribution in [3.8, 4) is 0 Å². The fourth-order valence-electron chi connectivity index (χ4n) is 0. The van der Waals surface area contributed by atoms with Gasteiger partial charge in [-0.2, -0.15) is 0 Å². The first-order chi connectivity index (χ1) is 5.97. The van der Waals surface area contributed by atoms with Crippen molar-refractivity contribution in [3.63, 3.8) is 0 Å². The van der Waals surface area contributed by atoms with Crippen LogP contribution in [0.5, 0.6) is 0 Å². The third-order valence-corrected chi connectivity index (χ3v) is 0. The molecule has 0 radical (unpaired) electrons. The molecular weight excluding hydrogens is 812 g/mol. The number of hydrogen-bond donors (Lipinski definition) is 2. The fourth-order valence-corrected chi connectivity index (χ4v) is 0. The second-order valence-corrected chi connectivity index (χ2v) is 48.4. The van der Waals surface area contributed by atoms with Gasteiger partial charge < -0.3 is 10.6 Å². The molecule has 0 saturated heterocycles. The summed E-state index contributed by atoms with van der Waals surface area (Å²) in [7, 11) is 8.13. The van der Waals surface area contributed by atoms with Gasteiger partial charge in [0.05, 0.1) is 0 Å². The second-order valence-electron chi connectivity index (χ2n) is 1.26. The maximum atomic E-state index is 2.75. The summed E-state index contributed by atoms with van der Waals surface area (Å²) in [5, 5.41) is 5.50. The van der Waals surface area contributed by atoms with E-state index in [9.17, 15) is 0 Å². The Kier molecular flexibility index (Phi) is 72.8. The molecule has 0 aromatic heterocycles. The van der Waals surface area contributed by atoms with Crippen molar-refractivity contribution < 1.29 is 14.4 Å². The predicted molar refractivity (Wildman–Crippen MR) is 100 cm³/mol. The van der Waals surface area contributed by atoms with Gasteiger partial charge >= 0.3 is 114 Å². The van der Waals surface area contributed by atoms with Gasteiger partial charge in [-0.25, -0.2) is 0 Å². The molecule has 9 heteroatoms. The Balaban J connectivity index is -0.0000000420. The van der Waals surface area contributed by atoms with E-state index < -0.39 is 0 Å². The molecule has 0 rings (SSSR count). The van der Waals surface area contributed by atoms with Crippen LogP contribution in [-0.2, 0) is 14.4 Å². The van der Waals surface area contributed by atoms with Gasteiger partial charge in [0, 0.05) is 0 Å². The van der Waals surface area contributed by atoms with E-state index in [1.54, 1.807) is 0 Å². The molecule has 85 valence electrons. The Bertz CT molecular complexity index is 46.0. The zero-order valence-electron chi connectivity index (χ0n) is 7.78. The van der Waals surface area contributed by atoms with E-state index in [-0.39, 0.29) is 4.92 Å². The standard InChI is InChI=1S/2C2H7N.5HI.2V/c2*1-3-2;;;;;;;/h2*3H,1-2H3;5*1H;;/q;;;;;;;+2;+3/p-5. The number of nitrogens with one attached hydrogen (secondary N) is 2. The van der Waals surface area contributed by atoms with Crippen LogP contribution in [0.4, 0.5) is 0 Å². The van der Waals surface area contributed by atoms with Gasteiger partial charge in [-0.3, -0.25) is 0 Å².